The third kappa shape index (κ3) is 3.97. The van der Waals surface area contributed by atoms with Crippen LogP contribution in [0.5, 0.6) is 11.6 Å². The normalized spacial score (nSPS) is 17.1. The molecule has 1 aliphatic heterocycles. The number of hydrogen-bond acceptors (Lipinski definition) is 5. The Kier molecular flexibility index (Phi) is 4.71. The fraction of sp³-hybridized carbons (Fsp3) is 0.353. The van der Waals surface area contributed by atoms with Crippen molar-refractivity contribution in [3.63, 3.8) is 0 Å². The Hall–Kier alpha value is -2.63. The molecule has 6 heteroatoms. The van der Waals surface area contributed by atoms with Crippen molar-refractivity contribution in [3.05, 3.63) is 48.2 Å². The topological polar surface area (TPSA) is 64.5 Å². The second kappa shape index (κ2) is 7.09. The molecule has 1 aliphatic rings. The number of methoxy groups -OCH3 is 1. The lowest BCUT2D eigenvalue weighted by Gasteiger charge is -2.17. The molecule has 1 aromatic carbocycles. The van der Waals surface area contributed by atoms with Gasteiger partial charge in [-0.15, -0.1) is 5.10 Å². The molecule has 120 valence electrons. The van der Waals surface area contributed by atoms with Gasteiger partial charge in [-0.25, -0.2) is 0 Å². The Morgan fingerprint density at radius 3 is 3.04 bits per heavy atom. The van der Waals surface area contributed by atoms with E-state index >= 15 is 0 Å². The summed E-state index contributed by atoms with van der Waals surface area (Å²) in [6, 6.07) is 11.1. The third-order valence-electron chi connectivity index (χ3n) is 3.82. The lowest BCUT2D eigenvalue weighted by atomic mass is 10.1. The summed E-state index contributed by atoms with van der Waals surface area (Å²) in [6.45, 7) is 1.28. The van der Waals surface area contributed by atoms with Gasteiger partial charge in [0.2, 0.25) is 11.8 Å². The highest BCUT2D eigenvalue weighted by Gasteiger charge is 2.27. The first-order chi connectivity index (χ1) is 11.2. The molecule has 1 aromatic heterocycles. The minimum atomic E-state index is -0.0269. The number of nitrogens with zero attached hydrogens (tertiary/aromatic N) is 3. The Labute approximate surface area is 135 Å². The first-order valence-corrected chi connectivity index (χ1v) is 7.59. The summed E-state index contributed by atoms with van der Waals surface area (Å²) >= 11 is 0. The van der Waals surface area contributed by atoms with E-state index in [9.17, 15) is 4.79 Å². The zero-order chi connectivity index (χ0) is 16.1. The number of carbonyl (C=O) groups excluding carboxylic acids is 1. The van der Waals surface area contributed by atoms with Crippen LogP contribution in [-0.4, -0.2) is 47.3 Å². The quantitative estimate of drug-likeness (QED) is 0.841. The van der Waals surface area contributed by atoms with E-state index in [1.807, 2.05) is 29.2 Å². The predicted octanol–water partition coefficient (Wildman–Crippen LogP) is 1.71. The molecule has 0 aliphatic carbocycles. The van der Waals surface area contributed by atoms with Crippen LogP contribution in [0.25, 0.3) is 0 Å². The molecule has 1 amide bonds. The number of likely N-dealkylation sites (tertiary alicyclic amines) is 1. The van der Waals surface area contributed by atoms with Gasteiger partial charge >= 0.3 is 0 Å². The van der Waals surface area contributed by atoms with Crippen LogP contribution in [0.4, 0.5) is 0 Å². The molecular weight excluding hydrogens is 294 g/mol. The van der Waals surface area contributed by atoms with Gasteiger partial charge in [-0.05, 0) is 23.8 Å². The summed E-state index contributed by atoms with van der Waals surface area (Å²) in [5, 5.41) is 7.70. The summed E-state index contributed by atoms with van der Waals surface area (Å²) < 4.78 is 10.9. The lowest BCUT2D eigenvalue weighted by molar-refractivity contribution is -0.129. The third-order valence-corrected chi connectivity index (χ3v) is 3.82. The first kappa shape index (κ1) is 15.3. The molecule has 0 N–H and O–H groups in total. The van der Waals surface area contributed by atoms with Gasteiger partial charge in [-0.2, -0.15) is 5.10 Å². The van der Waals surface area contributed by atoms with Crippen LogP contribution >= 0.6 is 0 Å². The maximum Gasteiger partial charge on any atom is 0.233 e. The summed E-state index contributed by atoms with van der Waals surface area (Å²) in [7, 11) is 1.62. The molecule has 1 unspecified atom stereocenters. The molecule has 0 radical (unpaired) electrons. The van der Waals surface area contributed by atoms with Gasteiger partial charge in [0, 0.05) is 25.2 Å². The van der Waals surface area contributed by atoms with Crippen LogP contribution in [0.2, 0.25) is 0 Å². The Morgan fingerprint density at radius 2 is 2.26 bits per heavy atom. The van der Waals surface area contributed by atoms with Gasteiger partial charge in [-0.1, -0.05) is 12.1 Å². The monoisotopic (exact) mass is 313 g/mol. The molecule has 0 saturated carbocycles. The van der Waals surface area contributed by atoms with Gasteiger partial charge < -0.3 is 14.4 Å². The second-order valence-electron chi connectivity index (χ2n) is 5.46. The lowest BCUT2D eigenvalue weighted by Crippen LogP contribution is -2.32. The fourth-order valence-corrected chi connectivity index (χ4v) is 2.64. The number of benzene rings is 1. The highest BCUT2D eigenvalue weighted by atomic mass is 16.5. The minimum Gasteiger partial charge on any atom is -0.497 e. The molecule has 0 spiro atoms. The Bertz CT molecular complexity index is 663. The zero-order valence-electron chi connectivity index (χ0n) is 13.0. The predicted molar refractivity (Wildman–Crippen MR) is 84.3 cm³/mol. The molecular formula is C17H19N3O3. The highest BCUT2D eigenvalue weighted by Crippen LogP contribution is 2.18. The van der Waals surface area contributed by atoms with Gasteiger partial charge in [0.15, 0.2) is 0 Å². The van der Waals surface area contributed by atoms with E-state index in [4.69, 9.17) is 9.47 Å². The number of carbonyl (C=O) groups is 1. The van der Waals surface area contributed by atoms with Crippen molar-refractivity contribution in [3.8, 4) is 11.6 Å². The molecule has 1 fully saturated rings. The van der Waals surface area contributed by atoms with E-state index in [-0.39, 0.29) is 12.0 Å². The zero-order valence-corrected chi connectivity index (χ0v) is 13.0. The minimum absolute atomic E-state index is 0.0269. The number of rotatable bonds is 5. The Balaban J connectivity index is 1.55. The van der Waals surface area contributed by atoms with Crippen molar-refractivity contribution in [2.45, 2.75) is 18.9 Å². The van der Waals surface area contributed by atoms with E-state index in [1.54, 1.807) is 25.4 Å². The molecule has 2 heterocycles. The van der Waals surface area contributed by atoms with Gasteiger partial charge in [-0.3, -0.25) is 4.79 Å². The van der Waals surface area contributed by atoms with Crippen molar-refractivity contribution in [1.29, 1.82) is 0 Å². The van der Waals surface area contributed by atoms with Gasteiger partial charge in [0.25, 0.3) is 0 Å². The molecule has 1 atom stereocenters. The smallest absolute Gasteiger partial charge is 0.233 e. The Morgan fingerprint density at radius 1 is 1.35 bits per heavy atom. The average Bonchev–Trinajstić information content (AvgIpc) is 3.04. The molecule has 23 heavy (non-hydrogen) atoms. The largest absolute Gasteiger partial charge is 0.497 e. The van der Waals surface area contributed by atoms with Crippen LogP contribution < -0.4 is 9.47 Å². The second-order valence-corrected chi connectivity index (χ2v) is 5.46. The number of amides is 1. The fourth-order valence-electron chi connectivity index (χ4n) is 2.64. The standard InChI is InChI=1S/C17H19N3O3/c1-22-14-5-2-4-13(10-14)11-17(21)20-9-7-15(12-20)23-16-6-3-8-18-19-16/h2-6,8,10,15H,7,9,11-12H2,1H3. The van der Waals surface area contributed by atoms with Crippen molar-refractivity contribution in [2.24, 2.45) is 0 Å². The molecule has 6 nitrogen and oxygen atoms in total. The summed E-state index contributed by atoms with van der Waals surface area (Å²) in [4.78, 5) is 14.2. The number of aromatic nitrogens is 2. The van der Waals surface area contributed by atoms with E-state index in [1.165, 1.54) is 0 Å². The van der Waals surface area contributed by atoms with Crippen LogP contribution in [-0.2, 0) is 11.2 Å². The van der Waals surface area contributed by atoms with Crippen molar-refractivity contribution >= 4 is 5.91 Å². The maximum atomic E-state index is 12.4. The summed E-state index contributed by atoms with van der Waals surface area (Å²) in [6.07, 6.45) is 2.75. The maximum absolute atomic E-state index is 12.4. The van der Waals surface area contributed by atoms with Gasteiger partial charge in [0.1, 0.15) is 11.9 Å². The average molecular weight is 313 g/mol. The van der Waals surface area contributed by atoms with E-state index in [2.05, 4.69) is 10.2 Å². The van der Waals surface area contributed by atoms with E-state index < -0.39 is 0 Å². The number of hydrogen-bond donors (Lipinski definition) is 0. The van der Waals surface area contributed by atoms with Crippen molar-refractivity contribution in [2.75, 3.05) is 20.2 Å². The highest BCUT2D eigenvalue weighted by molar-refractivity contribution is 5.79. The summed E-state index contributed by atoms with van der Waals surface area (Å²) in [5.74, 6) is 1.36. The van der Waals surface area contributed by atoms with Crippen LogP contribution in [0.15, 0.2) is 42.6 Å². The van der Waals surface area contributed by atoms with Crippen LogP contribution in [0, 0.1) is 0 Å². The van der Waals surface area contributed by atoms with E-state index in [0.717, 1.165) is 17.7 Å². The van der Waals surface area contributed by atoms with Crippen LogP contribution in [0.3, 0.4) is 0 Å². The van der Waals surface area contributed by atoms with E-state index in [0.29, 0.717) is 25.4 Å². The molecule has 1 saturated heterocycles. The van der Waals surface area contributed by atoms with Gasteiger partial charge in [0.05, 0.1) is 20.1 Å². The molecule has 0 bridgehead atoms. The first-order valence-electron chi connectivity index (χ1n) is 7.59. The number of ether oxygens (including phenoxy) is 2. The van der Waals surface area contributed by atoms with Crippen LogP contribution in [0.1, 0.15) is 12.0 Å². The summed E-state index contributed by atoms with van der Waals surface area (Å²) in [5.41, 5.74) is 0.952. The van der Waals surface area contributed by atoms with Crippen molar-refractivity contribution in [1.82, 2.24) is 15.1 Å². The SMILES string of the molecule is COc1cccc(CC(=O)N2CCC(Oc3cccnn3)C2)c1. The molecule has 3 rings (SSSR count). The molecule has 2 aromatic rings. The van der Waals surface area contributed by atoms with Crippen molar-refractivity contribution < 1.29 is 14.3 Å².